The summed E-state index contributed by atoms with van der Waals surface area (Å²) in [5.41, 5.74) is 2.93. The summed E-state index contributed by atoms with van der Waals surface area (Å²) in [7, 11) is 0. The lowest BCUT2D eigenvalue weighted by molar-refractivity contribution is 0.00217. The molecule has 0 N–H and O–H groups in total. The van der Waals surface area contributed by atoms with Crippen LogP contribution in [0.5, 0.6) is 0 Å². The first-order chi connectivity index (χ1) is 8.70. The van der Waals surface area contributed by atoms with Gasteiger partial charge in [-0.15, -0.1) is 0 Å². The highest BCUT2D eigenvalue weighted by molar-refractivity contribution is 5.06. The van der Waals surface area contributed by atoms with Crippen molar-refractivity contribution >= 4 is 0 Å². The van der Waals surface area contributed by atoms with E-state index in [9.17, 15) is 0 Å². The van der Waals surface area contributed by atoms with E-state index in [2.05, 4.69) is 82.2 Å². The molecule has 0 nitrogen and oxygen atoms in total. The van der Waals surface area contributed by atoms with Crippen LogP contribution in [-0.4, -0.2) is 0 Å². The molecule has 120 valence electrons. The predicted molar refractivity (Wildman–Crippen MR) is 94.1 cm³/mol. The van der Waals surface area contributed by atoms with Crippen LogP contribution in [0.15, 0.2) is 11.6 Å². The van der Waals surface area contributed by atoms with E-state index in [4.69, 9.17) is 0 Å². The molecule has 0 aliphatic rings. The molecule has 0 saturated heterocycles. The first-order valence-electron chi connectivity index (χ1n) is 8.34. The minimum Gasteiger partial charge on any atom is -0.0884 e. The monoisotopic (exact) mass is 280 g/mol. The lowest BCUT2D eigenvalue weighted by atomic mass is 9.55. The second-order valence-electron chi connectivity index (χ2n) is 9.56. The van der Waals surface area contributed by atoms with Gasteiger partial charge in [-0.3, -0.25) is 0 Å². The van der Waals surface area contributed by atoms with E-state index in [1.165, 1.54) is 19.3 Å². The van der Waals surface area contributed by atoms with E-state index < -0.39 is 0 Å². The zero-order valence-electron chi connectivity index (χ0n) is 16.2. The van der Waals surface area contributed by atoms with Gasteiger partial charge in [0.1, 0.15) is 0 Å². The topological polar surface area (TPSA) is 0 Å². The molecule has 0 aromatic heterocycles. The Kier molecular flexibility index (Phi) is 6.16. The summed E-state index contributed by atoms with van der Waals surface area (Å²) in [4.78, 5) is 0. The normalized spacial score (nSPS) is 15.7. The summed E-state index contributed by atoms with van der Waals surface area (Å²) < 4.78 is 0. The smallest absolute Gasteiger partial charge is 0.0264 e. The number of allylic oxidation sites excluding steroid dienone is 2. The fourth-order valence-electron chi connectivity index (χ4n) is 2.85. The van der Waals surface area contributed by atoms with Crippen molar-refractivity contribution in [3.8, 4) is 0 Å². The molecule has 0 saturated carbocycles. The van der Waals surface area contributed by atoms with Crippen molar-refractivity contribution in [1.29, 1.82) is 0 Å². The molecule has 0 heterocycles. The molecule has 0 atom stereocenters. The van der Waals surface area contributed by atoms with E-state index >= 15 is 0 Å². The number of rotatable bonds is 6. The van der Waals surface area contributed by atoms with Crippen LogP contribution in [0.2, 0.25) is 0 Å². The summed E-state index contributed by atoms with van der Waals surface area (Å²) in [5, 5.41) is 0. The van der Waals surface area contributed by atoms with Gasteiger partial charge in [0.05, 0.1) is 0 Å². The largest absolute Gasteiger partial charge is 0.0884 e. The number of hydrogen-bond donors (Lipinski definition) is 0. The van der Waals surface area contributed by atoms with Gasteiger partial charge in [0.2, 0.25) is 0 Å². The van der Waals surface area contributed by atoms with Gasteiger partial charge in [-0.2, -0.15) is 0 Å². The van der Waals surface area contributed by atoms with Crippen LogP contribution in [0.4, 0.5) is 0 Å². The molecule has 0 heteroatoms. The first-order valence-corrected chi connectivity index (χ1v) is 8.34. The SMILES string of the molecule is C/C=C(\CC)CC(C)(C)C(C)(C)CC(C)(C)C(C)(C)C. The average Bonchev–Trinajstić information content (AvgIpc) is 2.22. The Hall–Kier alpha value is -0.260. The maximum Gasteiger partial charge on any atom is -0.0264 e. The summed E-state index contributed by atoms with van der Waals surface area (Å²) in [6.07, 6.45) is 5.97. The van der Waals surface area contributed by atoms with Gasteiger partial charge in [-0.25, -0.2) is 0 Å². The van der Waals surface area contributed by atoms with E-state index in [0.717, 1.165) is 0 Å². The second kappa shape index (κ2) is 6.24. The third-order valence-electron chi connectivity index (χ3n) is 6.28. The number of hydrogen-bond acceptors (Lipinski definition) is 0. The van der Waals surface area contributed by atoms with E-state index in [0.29, 0.717) is 21.7 Å². The second-order valence-corrected chi connectivity index (χ2v) is 9.56. The first kappa shape index (κ1) is 19.7. The summed E-state index contributed by atoms with van der Waals surface area (Å²) in [6.45, 7) is 26.3. The Bertz CT molecular complexity index is 332. The van der Waals surface area contributed by atoms with Crippen LogP contribution in [0, 0.1) is 21.7 Å². The van der Waals surface area contributed by atoms with Gasteiger partial charge in [-0.05, 0) is 47.8 Å². The van der Waals surface area contributed by atoms with E-state index in [-0.39, 0.29) is 0 Å². The molecule has 0 aromatic rings. The summed E-state index contributed by atoms with van der Waals surface area (Å²) in [5.74, 6) is 0. The van der Waals surface area contributed by atoms with Crippen LogP contribution in [0.25, 0.3) is 0 Å². The van der Waals surface area contributed by atoms with Crippen LogP contribution in [-0.2, 0) is 0 Å². The molecule has 0 fully saturated rings. The van der Waals surface area contributed by atoms with Gasteiger partial charge in [-0.1, -0.05) is 80.9 Å². The van der Waals surface area contributed by atoms with Crippen molar-refractivity contribution in [2.75, 3.05) is 0 Å². The van der Waals surface area contributed by atoms with Crippen LogP contribution in [0.3, 0.4) is 0 Å². The Morgan fingerprint density at radius 1 is 0.750 bits per heavy atom. The zero-order valence-corrected chi connectivity index (χ0v) is 16.2. The maximum atomic E-state index is 2.46. The molecule has 0 bridgehead atoms. The summed E-state index contributed by atoms with van der Waals surface area (Å²) >= 11 is 0. The lowest BCUT2D eigenvalue weighted by Gasteiger charge is -2.50. The van der Waals surface area contributed by atoms with Crippen molar-refractivity contribution in [2.24, 2.45) is 21.7 Å². The van der Waals surface area contributed by atoms with Crippen molar-refractivity contribution in [2.45, 2.75) is 95.4 Å². The fourth-order valence-corrected chi connectivity index (χ4v) is 2.85. The molecule has 0 amide bonds. The highest BCUT2D eigenvalue weighted by Gasteiger charge is 2.44. The molecule has 0 radical (unpaired) electrons. The highest BCUT2D eigenvalue weighted by Crippen LogP contribution is 2.54. The van der Waals surface area contributed by atoms with Gasteiger partial charge >= 0.3 is 0 Å². The molecule has 0 rings (SSSR count). The van der Waals surface area contributed by atoms with Crippen molar-refractivity contribution in [3.63, 3.8) is 0 Å². The Labute approximate surface area is 129 Å². The third-order valence-corrected chi connectivity index (χ3v) is 6.28. The van der Waals surface area contributed by atoms with E-state index in [1.807, 2.05) is 0 Å². The maximum absolute atomic E-state index is 2.46. The van der Waals surface area contributed by atoms with Gasteiger partial charge in [0.25, 0.3) is 0 Å². The Balaban J connectivity index is 5.22. The van der Waals surface area contributed by atoms with Gasteiger partial charge in [0.15, 0.2) is 0 Å². The molecule has 20 heavy (non-hydrogen) atoms. The highest BCUT2D eigenvalue weighted by atomic mass is 14.5. The molecule has 0 aliphatic heterocycles. The van der Waals surface area contributed by atoms with Crippen LogP contribution >= 0.6 is 0 Å². The standard InChI is InChI=1S/C20H40/c1-12-16(13-2)14-18(6,7)20(10,11)15-19(8,9)17(3,4)5/h12H,13-15H2,1-11H3/b16-12+. The van der Waals surface area contributed by atoms with Crippen LogP contribution < -0.4 is 0 Å². The molecular formula is C20H40. The molecular weight excluding hydrogens is 240 g/mol. The van der Waals surface area contributed by atoms with Crippen molar-refractivity contribution in [3.05, 3.63) is 11.6 Å². The molecule has 0 unspecified atom stereocenters. The Morgan fingerprint density at radius 3 is 1.50 bits per heavy atom. The average molecular weight is 281 g/mol. The lowest BCUT2D eigenvalue weighted by Crippen LogP contribution is -2.41. The minimum absolute atomic E-state index is 0.327. The third kappa shape index (κ3) is 4.64. The van der Waals surface area contributed by atoms with Crippen LogP contribution in [0.1, 0.15) is 95.4 Å². The molecule has 0 aliphatic carbocycles. The Morgan fingerprint density at radius 2 is 1.20 bits per heavy atom. The molecule has 0 spiro atoms. The van der Waals surface area contributed by atoms with Gasteiger partial charge in [0, 0.05) is 0 Å². The van der Waals surface area contributed by atoms with E-state index in [1.54, 1.807) is 5.57 Å². The summed E-state index contributed by atoms with van der Waals surface area (Å²) in [6, 6.07) is 0. The molecule has 0 aromatic carbocycles. The van der Waals surface area contributed by atoms with Crippen molar-refractivity contribution < 1.29 is 0 Å². The minimum atomic E-state index is 0.327. The zero-order chi connectivity index (χ0) is 16.4. The van der Waals surface area contributed by atoms with Crippen molar-refractivity contribution in [1.82, 2.24) is 0 Å². The van der Waals surface area contributed by atoms with Gasteiger partial charge < -0.3 is 0 Å². The fraction of sp³-hybridized carbons (Fsp3) is 0.900. The predicted octanol–water partition coefficient (Wildman–Crippen LogP) is 7.25. The quantitative estimate of drug-likeness (QED) is 0.449.